The molecule has 3 N–H and O–H groups in total. The van der Waals surface area contributed by atoms with Crippen LogP contribution in [-0.2, 0) is 9.59 Å². The Hall–Kier alpha value is -4.71. The second kappa shape index (κ2) is 15.3. The maximum atomic E-state index is 13.4. The van der Waals surface area contributed by atoms with Crippen molar-refractivity contribution in [3.05, 3.63) is 130 Å². The predicted molar refractivity (Wildman–Crippen MR) is 185 cm³/mol. The van der Waals surface area contributed by atoms with Gasteiger partial charge in [-0.15, -0.1) is 23.1 Å². The van der Waals surface area contributed by atoms with Gasteiger partial charge in [0.2, 0.25) is 5.91 Å². The van der Waals surface area contributed by atoms with Gasteiger partial charge in [-0.2, -0.15) is 0 Å². The van der Waals surface area contributed by atoms with Crippen LogP contribution >= 0.6 is 39.0 Å². The standard InChI is InChI=1S/C34H27BrN4O4S2/c1-43-27-15-13-23(14-16-27)30-20-45-34(38-30)39-31(40)21-44-28-12-6-11-26(19-28)36-33(42)29(18-22-7-5-10-25(35)17-22)37-32(41)24-8-3-2-4-9-24/h2-20H,21H2,1H3,(H,36,42)(H,37,41)(H,38,39,40)/b29-18+. The number of halogens is 1. The zero-order valence-electron chi connectivity index (χ0n) is 24.0. The van der Waals surface area contributed by atoms with Crippen LogP contribution in [0.2, 0.25) is 0 Å². The molecule has 0 atom stereocenters. The first-order valence-electron chi connectivity index (χ1n) is 13.6. The molecule has 5 aromatic rings. The van der Waals surface area contributed by atoms with E-state index in [2.05, 4.69) is 36.9 Å². The highest BCUT2D eigenvalue weighted by molar-refractivity contribution is 9.10. The van der Waals surface area contributed by atoms with E-state index in [0.29, 0.717) is 16.4 Å². The summed E-state index contributed by atoms with van der Waals surface area (Å²) in [4.78, 5) is 44.3. The molecule has 1 heterocycles. The minimum Gasteiger partial charge on any atom is -0.497 e. The second-order valence-electron chi connectivity index (χ2n) is 9.52. The minimum atomic E-state index is -0.490. The van der Waals surface area contributed by atoms with Crippen LogP contribution in [0.3, 0.4) is 0 Å². The first kappa shape index (κ1) is 31.7. The van der Waals surface area contributed by atoms with Gasteiger partial charge in [0.05, 0.1) is 18.6 Å². The van der Waals surface area contributed by atoms with E-state index in [4.69, 9.17) is 4.74 Å². The van der Waals surface area contributed by atoms with Crippen molar-refractivity contribution < 1.29 is 19.1 Å². The van der Waals surface area contributed by atoms with Gasteiger partial charge in [-0.05, 0) is 78.4 Å². The number of benzene rings is 4. The monoisotopic (exact) mass is 698 g/mol. The van der Waals surface area contributed by atoms with Crippen LogP contribution in [0, 0.1) is 0 Å². The minimum absolute atomic E-state index is 0.0804. The lowest BCUT2D eigenvalue weighted by Gasteiger charge is -2.12. The first-order chi connectivity index (χ1) is 21.9. The first-order valence-corrected chi connectivity index (χ1v) is 16.3. The number of nitrogens with zero attached hydrogens (tertiary/aromatic N) is 1. The van der Waals surface area contributed by atoms with E-state index >= 15 is 0 Å². The highest BCUT2D eigenvalue weighted by atomic mass is 79.9. The Kier molecular flexibility index (Phi) is 10.8. The Balaban J connectivity index is 1.21. The fourth-order valence-electron chi connectivity index (χ4n) is 4.10. The van der Waals surface area contributed by atoms with Crippen molar-refractivity contribution in [2.75, 3.05) is 23.5 Å². The fraction of sp³-hybridized carbons (Fsp3) is 0.0588. The molecule has 3 amide bonds. The van der Waals surface area contributed by atoms with E-state index in [1.807, 2.05) is 66.0 Å². The molecule has 0 aliphatic carbocycles. The predicted octanol–water partition coefficient (Wildman–Crippen LogP) is 7.72. The molecular formula is C34H27BrN4O4S2. The van der Waals surface area contributed by atoms with Gasteiger partial charge in [-0.3, -0.25) is 14.4 Å². The van der Waals surface area contributed by atoms with E-state index in [9.17, 15) is 14.4 Å². The molecule has 0 aliphatic heterocycles. The summed E-state index contributed by atoms with van der Waals surface area (Å²) < 4.78 is 6.04. The second-order valence-corrected chi connectivity index (χ2v) is 12.3. The van der Waals surface area contributed by atoms with Crippen LogP contribution in [-0.4, -0.2) is 35.6 Å². The van der Waals surface area contributed by atoms with Crippen molar-refractivity contribution in [2.45, 2.75) is 4.90 Å². The highest BCUT2D eigenvalue weighted by Gasteiger charge is 2.16. The van der Waals surface area contributed by atoms with Crippen LogP contribution < -0.4 is 20.7 Å². The zero-order valence-corrected chi connectivity index (χ0v) is 27.2. The van der Waals surface area contributed by atoms with Gasteiger partial charge in [0, 0.05) is 31.6 Å². The number of carbonyl (C=O) groups is 3. The van der Waals surface area contributed by atoms with E-state index in [1.165, 1.54) is 23.1 Å². The van der Waals surface area contributed by atoms with Crippen molar-refractivity contribution in [3.8, 4) is 17.0 Å². The van der Waals surface area contributed by atoms with Gasteiger partial charge in [0.25, 0.3) is 11.8 Å². The topological polar surface area (TPSA) is 109 Å². The van der Waals surface area contributed by atoms with Crippen molar-refractivity contribution in [2.24, 2.45) is 0 Å². The molecule has 0 saturated heterocycles. The van der Waals surface area contributed by atoms with E-state index in [0.717, 1.165) is 31.9 Å². The number of aromatic nitrogens is 1. The molecule has 0 spiro atoms. The Morgan fingerprint density at radius 1 is 0.911 bits per heavy atom. The highest BCUT2D eigenvalue weighted by Crippen LogP contribution is 2.27. The number of rotatable bonds is 11. The summed E-state index contributed by atoms with van der Waals surface area (Å²) in [5.41, 5.74) is 3.45. The maximum absolute atomic E-state index is 13.4. The number of amides is 3. The van der Waals surface area contributed by atoms with Crippen LogP contribution in [0.5, 0.6) is 5.75 Å². The van der Waals surface area contributed by atoms with Crippen molar-refractivity contribution in [3.63, 3.8) is 0 Å². The molecule has 0 saturated carbocycles. The van der Waals surface area contributed by atoms with Gasteiger partial charge in [-0.1, -0.05) is 52.3 Å². The van der Waals surface area contributed by atoms with Gasteiger partial charge in [-0.25, -0.2) is 4.98 Å². The summed E-state index contributed by atoms with van der Waals surface area (Å²) in [6.45, 7) is 0. The number of anilines is 2. The molecule has 5 rings (SSSR count). The molecule has 45 heavy (non-hydrogen) atoms. The summed E-state index contributed by atoms with van der Waals surface area (Å²) >= 11 is 6.12. The third kappa shape index (κ3) is 9.15. The van der Waals surface area contributed by atoms with Crippen LogP contribution in [0.4, 0.5) is 10.8 Å². The average Bonchev–Trinajstić information content (AvgIpc) is 3.52. The van der Waals surface area contributed by atoms with Crippen LogP contribution in [0.25, 0.3) is 17.3 Å². The molecule has 0 radical (unpaired) electrons. The molecule has 0 fully saturated rings. The van der Waals surface area contributed by atoms with Crippen molar-refractivity contribution in [1.29, 1.82) is 0 Å². The van der Waals surface area contributed by atoms with Crippen molar-refractivity contribution >= 4 is 73.6 Å². The lowest BCUT2D eigenvalue weighted by Crippen LogP contribution is -2.30. The lowest BCUT2D eigenvalue weighted by molar-refractivity contribution is -0.114. The molecule has 1 aromatic heterocycles. The van der Waals surface area contributed by atoms with Gasteiger partial charge >= 0.3 is 0 Å². The van der Waals surface area contributed by atoms with E-state index in [1.54, 1.807) is 55.7 Å². The van der Waals surface area contributed by atoms with Crippen molar-refractivity contribution in [1.82, 2.24) is 10.3 Å². The molecule has 11 heteroatoms. The summed E-state index contributed by atoms with van der Waals surface area (Å²) in [6, 6.07) is 30.8. The van der Waals surface area contributed by atoms with Gasteiger partial charge < -0.3 is 20.7 Å². The quantitative estimate of drug-likeness (QED) is 0.0963. The normalized spacial score (nSPS) is 11.0. The van der Waals surface area contributed by atoms with Crippen LogP contribution in [0.15, 0.2) is 124 Å². The summed E-state index contributed by atoms with van der Waals surface area (Å²) in [6.07, 6.45) is 1.61. The number of hydrogen-bond donors (Lipinski definition) is 3. The van der Waals surface area contributed by atoms with Gasteiger partial charge in [0.1, 0.15) is 11.4 Å². The summed E-state index contributed by atoms with van der Waals surface area (Å²) in [5, 5.41) is 10.8. The van der Waals surface area contributed by atoms with Gasteiger partial charge in [0.15, 0.2) is 5.13 Å². The number of thiazole rings is 1. The molecule has 0 unspecified atom stereocenters. The number of carbonyl (C=O) groups excluding carboxylic acids is 3. The molecule has 226 valence electrons. The number of hydrogen-bond acceptors (Lipinski definition) is 7. The Bertz CT molecular complexity index is 1840. The van der Waals surface area contributed by atoms with E-state index in [-0.39, 0.29) is 17.4 Å². The van der Waals surface area contributed by atoms with Crippen LogP contribution in [0.1, 0.15) is 15.9 Å². The third-order valence-corrected chi connectivity index (χ3v) is 8.53. The molecule has 8 nitrogen and oxygen atoms in total. The summed E-state index contributed by atoms with van der Waals surface area (Å²) in [7, 11) is 1.62. The zero-order chi connectivity index (χ0) is 31.6. The fourth-order valence-corrected chi connectivity index (χ4v) is 6.01. The average molecular weight is 700 g/mol. The Labute approximate surface area is 277 Å². The van der Waals surface area contributed by atoms with E-state index < -0.39 is 11.8 Å². The molecule has 0 bridgehead atoms. The Morgan fingerprint density at radius 3 is 2.44 bits per heavy atom. The largest absolute Gasteiger partial charge is 0.497 e. The summed E-state index contributed by atoms with van der Waals surface area (Å²) in [5.74, 6) is -0.187. The number of nitrogens with one attached hydrogen (secondary N) is 3. The Morgan fingerprint density at radius 2 is 1.69 bits per heavy atom. The number of thioether (sulfide) groups is 1. The molecular weight excluding hydrogens is 672 g/mol. The SMILES string of the molecule is COc1ccc(-c2csc(NC(=O)CSc3cccc(NC(=O)/C(=C\c4cccc(Br)c4)NC(=O)c4ccccc4)c3)n2)cc1. The maximum Gasteiger partial charge on any atom is 0.272 e. The number of ether oxygens (including phenoxy) is 1. The molecule has 4 aromatic carbocycles. The number of methoxy groups -OCH3 is 1. The smallest absolute Gasteiger partial charge is 0.272 e. The molecule has 0 aliphatic rings. The lowest BCUT2D eigenvalue weighted by atomic mass is 10.1. The third-order valence-electron chi connectivity index (χ3n) is 6.29.